The van der Waals surface area contributed by atoms with Crippen molar-refractivity contribution in [3.8, 4) is 22.9 Å². The van der Waals surface area contributed by atoms with E-state index < -0.39 is 0 Å². The van der Waals surface area contributed by atoms with Crippen molar-refractivity contribution in [2.75, 3.05) is 44.8 Å². The second-order valence-corrected chi connectivity index (χ2v) is 8.62. The van der Waals surface area contributed by atoms with Crippen LogP contribution in [0.5, 0.6) is 11.6 Å². The molecule has 3 aromatic rings. The number of hydrogen-bond acceptors (Lipinski definition) is 8. The third-order valence-corrected chi connectivity index (χ3v) is 6.04. The van der Waals surface area contributed by atoms with Gasteiger partial charge in [-0.05, 0) is 62.7 Å². The summed E-state index contributed by atoms with van der Waals surface area (Å²) in [5.74, 6) is 1.94. The highest BCUT2D eigenvalue weighted by atomic mass is 16.5. The van der Waals surface area contributed by atoms with E-state index in [1.165, 1.54) is 25.9 Å². The van der Waals surface area contributed by atoms with Crippen LogP contribution < -0.4 is 14.8 Å². The van der Waals surface area contributed by atoms with Crippen molar-refractivity contribution in [1.29, 1.82) is 0 Å². The molecule has 35 heavy (non-hydrogen) atoms. The zero-order valence-electron chi connectivity index (χ0n) is 19.9. The Morgan fingerprint density at radius 2 is 1.91 bits per heavy atom. The third-order valence-electron chi connectivity index (χ3n) is 6.04. The van der Waals surface area contributed by atoms with Crippen LogP contribution in [0.4, 0.5) is 11.6 Å². The number of likely N-dealkylation sites (tertiary alicyclic amines) is 1. The largest absolute Gasteiger partial charge is 0.492 e. The van der Waals surface area contributed by atoms with Gasteiger partial charge < -0.3 is 19.5 Å². The number of nitrogens with one attached hydrogen (secondary N) is 1. The van der Waals surface area contributed by atoms with E-state index in [4.69, 9.17) is 19.2 Å². The van der Waals surface area contributed by atoms with Crippen LogP contribution in [0.1, 0.15) is 24.8 Å². The molecule has 1 N–H and O–H groups in total. The summed E-state index contributed by atoms with van der Waals surface area (Å²) in [6.07, 6.45) is 10.9. The maximum absolute atomic E-state index is 6.16. The summed E-state index contributed by atoms with van der Waals surface area (Å²) in [6.45, 7) is 5.45. The zero-order chi connectivity index (χ0) is 23.7. The summed E-state index contributed by atoms with van der Waals surface area (Å²) < 4.78 is 17.9. The number of fused-ring (bicyclic) bond motifs is 7. The third kappa shape index (κ3) is 6.55. The second-order valence-electron chi connectivity index (χ2n) is 8.62. The highest BCUT2D eigenvalue weighted by Crippen LogP contribution is 2.27. The van der Waals surface area contributed by atoms with E-state index in [1.807, 2.05) is 42.5 Å². The molecule has 2 aliphatic rings. The van der Waals surface area contributed by atoms with Crippen LogP contribution in [0.3, 0.4) is 0 Å². The summed E-state index contributed by atoms with van der Waals surface area (Å²) in [6, 6.07) is 11.7. The lowest BCUT2D eigenvalue weighted by Crippen LogP contribution is -2.25. The van der Waals surface area contributed by atoms with Gasteiger partial charge in [0.05, 0.1) is 25.5 Å². The highest BCUT2D eigenvalue weighted by molar-refractivity contribution is 5.63. The molecular formula is C27H31N5O3. The molecule has 182 valence electrons. The molecule has 8 nitrogen and oxygen atoms in total. The SMILES string of the molecule is C1=C/COCc2cc(ccc2OCCN2CCCC2)Nc2nccc(n2)-c2ccnc(c2)OCC/1. The number of pyridine rings is 1. The predicted octanol–water partition coefficient (Wildman–Crippen LogP) is 4.61. The topological polar surface area (TPSA) is 81.6 Å². The molecule has 2 aliphatic heterocycles. The molecule has 6 bridgehead atoms. The molecule has 2 aromatic heterocycles. The molecule has 0 aliphatic carbocycles. The van der Waals surface area contributed by atoms with E-state index in [0.717, 1.165) is 41.2 Å². The molecule has 0 spiro atoms. The summed E-state index contributed by atoms with van der Waals surface area (Å²) in [7, 11) is 0. The van der Waals surface area contributed by atoms with Crippen molar-refractivity contribution in [2.24, 2.45) is 0 Å². The molecular weight excluding hydrogens is 442 g/mol. The number of anilines is 2. The van der Waals surface area contributed by atoms with Gasteiger partial charge in [-0.25, -0.2) is 15.0 Å². The van der Waals surface area contributed by atoms with E-state index in [0.29, 0.717) is 38.3 Å². The molecule has 0 radical (unpaired) electrons. The summed E-state index contributed by atoms with van der Waals surface area (Å²) >= 11 is 0. The Bertz CT molecular complexity index is 1150. The van der Waals surface area contributed by atoms with E-state index >= 15 is 0 Å². The molecule has 0 unspecified atom stereocenters. The van der Waals surface area contributed by atoms with Crippen molar-refractivity contribution in [1.82, 2.24) is 19.9 Å². The number of aromatic nitrogens is 3. The normalized spacial score (nSPS) is 17.5. The standard InChI is InChI=1S/C27H31N5O3/c1-4-15-33-20-22-18-23(6-7-25(22)34-17-14-32-12-2-3-13-32)30-27-29-11-9-24(31-27)21-8-10-28-26(19-21)35-16-5-1/h1,4,6-11,18-19H,2-3,5,12-17,20H2,(H,29,30,31)/b4-1+. The first-order valence-electron chi connectivity index (χ1n) is 12.2. The molecule has 1 aromatic carbocycles. The average Bonchev–Trinajstić information content (AvgIpc) is 3.40. The Hall–Kier alpha value is -3.49. The monoisotopic (exact) mass is 473 g/mol. The van der Waals surface area contributed by atoms with Gasteiger partial charge >= 0.3 is 0 Å². The lowest BCUT2D eigenvalue weighted by molar-refractivity contribution is 0.144. The average molecular weight is 474 g/mol. The fourth-order valence-corrected chi connectivity index (χ4v) is 4.21. The van der Waals surface area contributed by atoms with Crippen LogP contribution in [0.2, 0.25) is 0 Å². The Labute approximate surface area is 206 Å². The van der Waals surface area contributed by atoms with Crippen LogP contribution in [-0.2, 0) is 11.3 Å². The summed E-state index contributed by atoms with van der Waals surface area (Å²) in [5, 5.41) is 3.32. The number of nitrogens with zero attached hydrogens (tertiary/aromatic N) is 4. The first kappa shape index (κ1) is 23.3. The van der Waals surface area contributed by atoms with Gasteiger partial charge in [-0.3, -0.25) is 4.90 Å². The molecule has 1 fully saturated rings. The number of hydrogen-bond donors (Lipinski definition) is 1. The van der Waals surface area contributed by atoms with Crippen LogP contribution in [0.25, 0.3) is 11.3 Å². The zero-order valence-corrected chi connectivity index (χ0v) is 19.9. The Morgan fingerprint density at radius 1 is 1.00 bits per heavy atom. The summed E-state index contributed by atoms with van der Waals surface area (Å²) in [4.78, 5) is 15.9. The van der Waals surface area contributed by atoms with Crippen LogP contribution in [0, 0.1) is 0 Å². The maximum atomic E-state index is 6.16. The molecule has 0 saturated carbocycles. The molecule has 4 heterocycles. The highest BCUT2D eigenvalue weighted by Gasteiger charge is 2.13. The van der Waals surface area contributed by atoms with Crippen LogP contribution >= 0.6 is 0 Å². The van der Waals surface area contributed by atoms with E-state index in [2.05, 4.69) is 26.3 Å². The van der Waals surface area contributed by atoms with Gasteiger partial charge in [-0.1, -0.05) is 12.2 Å². The number of benzene rings is 1. The quantitative estimate of drug-likeness (QED) is 0.550. The minimum Gasteiger partial charge on any atom is -0.492 e. The van der Waals surface area contributed by atoms with Crippen molar-refractivity contribution >= 4 is 11.6 Å². The first-order chi connectivity index (χ1) is 17.3. The van der Waals surface area contributed by atoms with E-state index in [-0.39, 0.29) is 0 Å². The van der Waals surface area contributed by atoms with Gasteiger partial charge in [-0.2, -0.15) is 0 Å². The van der Waals surface area contributed by atoms with Crippen molar-refractivity contribution in [3.63, 3.8) is 0 Å². The van der Waals surface area contributed by atoms with E-state index in [9.17, 15) is 0 Å². The Balaban J connectivity index is 1.37. The second kappa shape index (κ2) is 11.8. The number of rotatable bonds is 4. The van der Waals surface area contributed by atoms with Gasteiger partial charge in [0, 0.05) is 41.8 Å². The van der Waals surface area contributed by atoms with Crippen molar-refractivity contribution in [3.05, 3.63) is 66.5 Å². The molecule has 0 atom stereocenters. The lowest BCUT2D eigenvalue weighted by Gasteiger charge is -2.17. The minimum atomic E-state index is 0.449. The predicted molar refractivity (Wildman–Crippen MR) is 135 cm³/mol. The van der Waals surface area contributed by atoms with Gasteiger partial charge in [0.2, 0.25) is 11.8 Å². The molecule has 0 amide bonds. The Kier molecular flexibility index (Phi) is 7.82. The van der Waals surface area contributed by atoms with Gasteiger partial charge in [0.25, 0.3) is 0 Å². The van der Waals surface area contributed by atoms with Crippen molar-refractivity contribution in [2.45, 2.75) is 25.9 Å². The fourth-order valence-electron chi connectivity index (χ4n) is 4.21. The maximum Gasteiger partial charge on any atom is 0.227 e. The lowest BCUT2D eigenvalue weighted by atomic mass is 10.2. The van der Waals surface area contributed by atoms with Gasteiger partial charge in [0.15, 0.2) is 0 Å². The molecule has 1 saturated heterocycles. The number of ether oxygens (including phenoxy) is 3. The smallest absolute Gasteiger partial charge is 0.227 e. The van der Waals surface area contributed by atoms with E-state index in [1.54, 1.807) is 12.4 Å². The van der Waals surface area contributed by atoms with Crippen LogP contribution in [-0.4, -0.2) is 59.3 Å². The molecule has 5 rings (SSSR count). The first-order valence-corrected chi connectivity index (χ1v) is 12.2. The van der Waals surface area contributed by atoms with Crippen molar-refractivity contribution < 1.29 is 14.2 Å². The molecule has 8 heteroatoms. The fraction of sp³-hybridized carbons (Fsp3) is 0.370. The van der Waals surface area contributed by atoms with Crippen LogP contribution in [0.15, 0.2) is 60.9 Å². The minimum absolute atomic E-state index is 0.449. The van der Waals surface area contributed by atoms with Gasteiger partial charge in [0.1, 0.15) is 12.4 Å². The van der Waals surface area contributed by atoms with Gasteiger partial charge in [-0.15, -0.1) is 0 Å². The Morgan fingerprint density at radius 3 is 2.86 bits per heavy atom. The summed E-state index contributed by atoms with van der Waals surface area (Å²) in [5.41, 5.74) is 3.58.